The Labute approximate surface area is 135 Å². The predicted molar refractivity (Wildman–Crippen MR) is 88.7 cm³/mol. The Bertz CT molecular complexity index is 681. The molecule has 2 aromatic rings. The van der Waals surface area contributed by atoms with E-state index >= 15 is 0 Å². The van der Waals surface area contributed by atoms with E-state index in [2.05, 4.69) is 5.32 Å². The molecule has 5 nitrogen and oxygen atoms in total. The lowest BCUT2D eigenvalue weighted by Gasteiger charge is -2.07. The highest BCUT2D eigenvalue weighted by atomic mass is 16.5. The van der Waals surface area contributed by atoms with Crippen molar-refractivity contribution in [1.82, 2.24) is 5.32 Å². The molecule has 0 aliphatic heterocycles. The summed E-state index contributed by atoms with van der Waals surface area (Å²) in [6.07, 6.45) is 0.192. The van der Waals surface area contributed by atoms with Crippen molar-refractivity contribution < 1.29 is 14.3 Å². The maximum atomic E-state index is 11.5. The summed E-state index contributed by atoms with van der Waals surface area (Å²) in [6, 6.07) is 15.8. The third-order valence-corrected chi connectivity index (χ3v) is 3.45. The summed E-state index contributed by atoms with van der Waals surface area (Å²) < 4.78 is 5.22. The van der Waals surface area contributed by atoms with Crippen molar-refractivity contribution in [1.29, 1.82) is 0 Å². The average Bonchev–Trinajstić information content (AvgIpc) is 2.58. The van der Waals surface area contributed by atoms with E-state index in [-0.39, 0.29) is 18.7 Å². The molecule has 0 fully saturated rings. The van der Waals surface area contributed by atoms with Gasteiger partial charge in [-0.2, -0.15) is 0 Å². The van der Waals surface area contributed by atoms with Crippen LogP contribution in [0.15, 0.2) is 48.5 Å². The smallest absolute Gasteiger partial charge is 0.220 e. The van der Waals surface area contributed by atoms with Gasteiger partial charge >= 0.3 is 0 Å². The molecule has 0 saturated heterocycles. The van der Waals surface area contributed by atoms with Crippen LogP contribution in [-0.4, -0.2) is 18.9 Å². The molecular formula is C18H20N2O3. The van der Waals surface area contributed by atoms with Crippen LogP contribution in [0, 0.1) is 0 Å². The van der Waals surface area contributed by atoms with Crippen molar-refractivity contribution in [2.75, 3.05) is 7.11 Å². The largest absolute Gasteiger partial charge is 0.497 e. The standard InChI is InChI=1S/C18H20N2O3/c1-23-16-4-2-3-15(11-16)14-7-5-13(6-8-14)12-20-18(22)10-9-17(19)21/h2-8,11H,9-10,12H2,1H3,(H2,19,21)(H,20,22). The van der Waals surface area contributed by atoms with Gasteiger partial charge in [-0.1, -0.05) is 36.4 Å². The molecule has 0 aromatic heterocycles. The van der Waals surface area contributed by atoms with Gasteiger partial charge in [0.2, 0.25) is 11.8 Å². The Morgan fingerprint density at radius 3 is 2.43 bits per heavy atom. The maximum Gasteiger partial charge on any atom is 0.220 e. The zero-order valence-electron chi connectivity index (χ0n) is 13.0. The molecule has 0 spiro atoms. The number of carbonyl (C=O) groups is 2. The van der Waals surface area contributed by atoms with Gasteiger partial charge in [-0.3, -0.25) is 9.59 Å². The van der Waals surface area contributed by atoms with Crippen LogP contribution >= 0.6 is 0 Å². The predicted octanol–water partition coefficient (Wildman–Crippen LogP) is 2.24. The first-order valence-corrected chi connectivity index (χ1v) is 7.37. The Kier molecular flexibility index (Phi) is 5.74. The van der Waals surface area contributed by atoms with Crippen LogP contribution in [0.1, 0.15) is 18.4 Å². The molecule has 23 heavy (non-hydrogen) atoms. The van der Waals surface area contributed by atoms with Crippen LogP contribution in [0.4, 0.5) is 0 Å². The monoisotopic (exact) mass is 312 g/mol. The van der Waals surface area contributed by atoms with Gasteiger partial charge < -0.3 is 15.8 Å². The zero-order valence-corrected chi connectivity index (χ0v) is 13.0. The Balaban J connectivity index is 1.94. The van der Waals surface area contributed by atoms with E-state index in [1.54, 1.807) is 7.11 Å². The van der Waals surface area contributed by atoms with Crippen molar-refractivity contribution in [2.24, 2.45) is 5.73 Å². The molecule has 0 aliphatic carbocycles. The van der Waals surface area contributed by atoms with Gasteiger partial charge in [0.1, 0.15) is 5.75 Å². The number of carbonyl (C=O) groups excluding carboxylic acids is 2. The van der Waals surface area contributed by atoms with E-state index in [4.69, 9.17) is 10.5 Å². The van der Waals surface area contributed by atoms with E-state index < -0.39 is 5.91 Å². The van der Waals surface area contributed by atoms with Gasteiger partial charge in [0, 0.05) is 19.4 Å². The van der Waals surface area contributed by atoms with E-state index in [1.807, 2.05) is 48.5 Å². The molecule has 120 valence electrons. The number of nitrogens with two attached hydrogens (primary N) is 1. The lowest BCUT2D eigenvalue weighted by Crippen LogP contribution is -2.24. The summed E-state index contributed by atoms with van der Waals surface area (Å²) in [5.41, 5.74) is 8.15. The molecule has 0 unspecified atom stereocenters. The Morgan fingerprint density at radius 2 is 1.78 bits per heavy atom. The third kappa shape index (κ3) is 5.14. The fraction of sp³-hybridized carbons (Fsp3) is 0.222. The summed E-state index contributed by atoms with van der Waals surface area (Å²) in [5, 5.41) is 2.77. The summed E-state index contributed by atoms with van der Waals surface area (Å²) in [4.78, 5) is 22.2. The summed E-state index contributed by atoms with van der Waals surface area (Å²) in [6.45, 7) is 0.427. The molecule has 0 saturated carbocycles. The number of hydrogen-bond acceptors (Lipinski definition) is 3. The minimum Gasteiger partial charge on any atom is -0.497 e. The molecule has 2 aromatic carbocycles. The maximum absolute atomic E-state index is 11.5. The highest BCUT2D eigenvalue weighted by molar-refractivity contribution is 5.82. The lowest BCUT2D eigenvalue weighted by molar-refractivity contribution is -0.125. The highest BCUT2D eigenvalue weighted by Gasteiger charge is 2.04. The Hall–Kier alpha value is -2.82. The van der Waals surface area contributed by atoms with Gasteiger partial charge in [-0.25, -0.2) is 0 Å². The van der Waals surface area contributed by atoms with Crippen molar-refractivity contribution in [3.8, 4) is 16.9 Å². The highest BCUT2D eigenvalue weighted by Crippen LogP contribution is 2.24. The van der Waals surface area contributed by atoms with Gasteiger partial charge in [0.05, 0.1) is 7.11 Å². The van der Waals surface area contributed by atoms with Gasteiger partial charge in [-0.05, 0) is 28.8 Å². The van der Waals surface area contributed by atoms with Crippen molar-refractivity contribution >= 4 is 11.8 Å². The second kappa shape index (κ2) is 7.98. The zero-order chi connectivity index (χ0) is 16.7. The second-order valence-electron chi connectivity index (χ2n) is 5.17. The quantitative estimate of drug-likeness (QED) is 0.822. The van der Waals surface area contributed by atoms with Crippen molar-refractivity contribution in [3.05, 3.63) is 54.1 Å². The number of amides is 2. The first kappa shape index (κ1) is 16.5. The number of benzene rings is 2. The summed E-state index contributed by atoms with van der Waals surface area (Å²) in [7, 11) is 1.64. The molecule has 2 rings (SSSR count). The van der Waals surface area contributed by atoms with Crippen LogP contribution in [0.5, 0.6) is 5.75 Å². The van der Waals surface area contributed by atoms with Gasteiger partial charge in [0.25, 0.3) is 0 Å². The van der Waals surface area contributed by atoms with Crippen LogP contribution in [0.25, 0.3) is 11.1 Å². The first-order valence-electron chi connectivity index (χ1n) is 7.37. The molecule has 5 heteroatoms. The fourth-order valence-electron chi connectivity index (χ4n) is 2.14. The number of primary amides is 1. The molecule has 0 atom stereocenters. The van der Waals surface area contributed by atoms with Crippen LogP contribution in [0.3, 0.4) is 0 Å². The molecule has 3 N–H and O–H groups in total. The number of rotatable bonds is 7. The van der Waals surface area contributed by atoms with Crippen molar-refractivity contribution in [3.63, 3.8) is 0 Å². The number of methoxy groups -OCH3 is 1. The Morgan fingerprint density at radius 1 is 1.04 bits per heavy atom. The van der Waals surface area contributed by atoms with E-state index in [1.165, 1.54) is 0 Å². The number of nitrogens with one attached hydrogen (secondary N) is 1. The SMILES string of the molecule is COc1cccc(-c2ccc(CNC(=O)CCC(N)=O)cc2)c1. The third-order valence-electron chi connectivity index (χ3n) is 3.45. The van der Waals surface area contributed by atoms with E-state index in [0.29, 0.717) is 6.54 Å². The van der Waals surface area contributed by atoms with Gasteiger partial charge in [-0.15, -0.1) is 0 Å². The van der Waals surface area contributed by atoms with E-state index in [9.17, 15) is 9.59 Å². The molecule has 2 amide bonds. The lowest BCUT2D eigenvalue weighted by atomic mass is 10.0. The second-order valence-corrected chi connectivity index (χ2v) is 5.17. The minimum absolute atomic E-state index is 0.0701. The number of hydrogen-bond donors (Lipinski definition) is 2. The average molecular weight is 312 g/mol. The molecule has 0 heterocycles. The summed E-state index contributed by atoms with van der Waals surface area (Å²) in [5.74, 6) is 0.164. The fourth-order valence-corrected chi connectivity index (χ4v) is 2.14. The van der Waals surface area contributed by atoms with Crippen molar-refractivity contribution in [2.45, 2.75) is 19.4 Å². The number of ether oxygens (including phenoxy) is 1. The van der Waals surface area contributed by atoms with Crippen LogP contribution in [0.2, 0.25) is 0 Å². The summed E-state index contributed by atoms with van der Waals surface area (Å²) >= 11 is 0. The van der Waals surface area contributed by atoms with E-state index in [0.717, 1.165) is 22.4 Å². The van der Waals surface area contributed by atoms with Gasteiger partial charge in [0.15, 0.2) is 0 Å². The van der Waals surface area contributed by atoms with Crippen LogP contribution < -0.4 is 15.8 Å². The topological polar surface area (TPSA) is 81.4 Å². The molecule has 0 radical (unpaired) electrons. The normalized spacial score (nSPS) is 10.1. The molecular weight excluding hydrogens is 292 g/mol. The molecule has 0 bridgehead atoms. The minimum atomic E-state index is -0.470. The molecule has 0 aliphatic rings. The van der Waals surface area contributed by atoms with Crippen LogP contribution in [-0.2, 0) is 16.1 Å². The first-order chi connectivity index (χ1) is 11.1.